The van der Waals surface area contributed by atoms with Crippen molar-refractivity contribution < 1.29 is 19.1 Å². The molecule has 3 amide bonds. The number of likely N-dealkylation sites (tertiary alicyclic amines) is 1. The number of carbonyl (C=O) groups excluding carboxylic acids is 3. The number of nitrogens with one attached hydrogen (secondary N) is 2. The lowest BCUT2D eigenvalue weighted by atomic mass is 10.1. The minimum atomic E-state index is -0.740. The molecule has 0 unspecified atom stereocenters. The van der Waals surface area contributed by atoms with Crippen LogP contribution in [0.2, 0.25) is 0 Å². The number of nitriles is 1. The molecule has 1 heterocycles. The molecule has 8 heteroatoms. The van der Waals surface area contributed by atoms with Crippen LogP contribution in [0.15, 0.2) is 0 Å². The lowest BCUT2D eigenvalue weighted by molar-refractivity contribution is -0.133. The third-order valence-electron chi connectivity index (χ3n) is 3.97. The van der Waals surface area contributed by atoms with E-state index in [-0.39, 0.29) is 11.8 Å². The molecule has 1 rings (SSSR count). The van der Waals surface area contributed by atoms with E-state index in [1.54, 1.807) is 20.8 Å². The molecule has 0 saturated carbocycles. The van der Waals surface area contributed by atoms with Crippen molar-refractivity contribution in [3.63, 3.8) is 0 Å². The van der Waals surface area contributed by atoms with Crippen LogP contribution in [0, 0.1) is 11.3 Å². The summed E-state index contributed by atoms with van der Waals surface area (Å²) in [6.45, 7) is 7.75. The summed E-state index contributed by atoms with van der Waals surface area (Å²) >= 11 is 0. The van der Waals surface area contributed by atoms with E-state index in [0.717, 1.165) is 6.42 Å². The topological polar surface area (TPSA) is 112 Å². The first-order valence-electron chi connectivity index (χ1n) is 9.08. The number of alkyl carbamates (subject to hydrolysis) is 1. The average Bonchev–Trinajstić information content (AvgIpc) is 2.99. The van der Waals surface area contributed by atoms with Crippen molar-refractivity contribution in [3.8, 4) is 6.07 Å². The zero-order valence-electron chi connectivity index (χ0n) is 16.1. The molecule has 1 saturated heterocycles. The highest BCUT2D eigenvalue weighted by atomic mass is 16.6. The molecule has 0 aliphatic carbocycles. The van der Waals surface area contributed by atoms with E-state index in [9.17, 15) is 19.6 Å². The van der Waals surface area contributed by atoms with Gasteiger partial charge in [0.05, 0.1) is 6.07 Å². The first-order valence-corrected chi connectivity index (χ1v) is 9.08. The second-order valence-electron chi connectivity index (χ2n) is 7.50. The van der Waals surface area contributed by atoms with Crippen LogP contribution >= 0.6 is 0 Å². The van der Waals surface area contributed by atoms with Crippen molar-refractivity contribution in [2.24, 2.45) is 0 Å². The number of unbranched alkanes of at least 4 members (excludes halogenated alkanes) is 1. The number of hydrogen-bond acceptors (Lipinski definition) is 5. The van der Waals surface area contributed by atoms with E-state index in [1.807, 2.05) is 0 Å². The Morgan fingerprint density at radius 3 is 2.58 bits per heavy atom. The lowest BCUT2D eigenvalue weighted by Crippen LogP contribution is -2.50. The van der Waals surface area contributed by atoms with Gasteiger partial charge in [-0.15, -0.1) is 0 Å². The highest BCUT2D eigenvalue weighted by Gasteiger charge is 2.34. The van der Waals surface area contributed by atoms with Crippen LogP contribution in [0.25, 0.3) is 0 Å². The Morgan fingerprint density at radius 1 is 1.31 bits per heavy atom. The van der Waals surface area contributed by atoms with Gasteiger partial charge in [-0.1, -0.05) is 0 Å². The number of nitrogens with zero attached hydrogens (tertiary/aromatic N) is 2. The van der Waals surface area contributed by atoms with Crippen molar-refractivity contribution in [2.75, 3.05) is 13.1 Å². The van der Waals surface area contributed by atoms with Crippen molar-refractivity contribution in [1.29, 1.82) is 5.26 Å². The standard InChI is InChI=1S/C18H30N4O4/c1-13(23)20-10-6-5-9-15(21-17(25)26-18(2,3)4)16(24)22-11-7-8-14(22)12-19/h14-15H,5-11H2,1-4H3,(H,20,23)(H,21,25)/t14-,15-/m0/s1. The van der Waals surface area contributed by atoms with Crippen LogP contribution in [-0.4, -0.2) is 53.6 Å². The van der Waals surface area contributed by atoms with E-state index in [4.69, 9.17) is 4.74 Å². The van der Waals surface area contributed by atoms with Crippen molar-refractivity contribution in [1.82, 2.24) is 15.5 Å². The van der Waals surface area contributed by atoms with Gasteiger partial charge >= 0.3 is 6.09 Å². The molecule has 2 atom stereocenters. The van der Waals surface area contributed by atoms with Gasteiger partial charge in [0.1, 0.15) is 17.7 Å². The zero-order chi connectivity index (χ0) is 19.7. The number of ether oxygens (including phenoxy) is 1. The summed E-state index contributed by atoms with van der Waals surface area (Å²) in [7, 11) is 0. The SMILES string of the molecule is CC(=O)NCCCC[C@H](NC(=O)OC(C)(C)C)C(=O)N1CCC[C@H]1C#N. The maximum absolute atomic E-state index is 12.8. The van der Waals surface area contributed by atoms with Gasteiger partial charge in [0, 0.05) is 20.0 Å². The highest BCUT2D eigenvalue weighted by Crippen LogP contribution is 2.19. The number of amides is 3. The van der Waals surface area contributed by atoms with E-state index in [0.29, 0.717) is 38.8 Å². The second-order valence-corrected chi connectivity index (χ2v) is 7.50. The molecular formula is C18H30N4O4. The van der Waals surface area contributed by atoms with E-state index >= 15 is 0 Å². The molecule has 0 aromatic rings. The molecule has 0 radical (unpaired) electrons. The molecule has 1 aliphatic heterocycles. The molecule has 0 aromatic carbocycles. The maximum atomic E-state index is 12.8. The second kappa shape index (κ2) is 10.00. The fraction of sp³-hybridized carbons (Fsp3) is 0.778. The quantitative estimate of drug-likeness (QED) is 0.666. The minimum Gasteiger partial charge on any atom is -0.444 e. The van der Waals surface area contributed by atoms with Gasteiger partial charge in [-0.05, 0) is 52.9 Å². The van der Waals surface area contributed by atoms with E-state index in [1.165, 1.54) is 11.8 Å². The summed E-state index contributed by atoms with van der Waals surface area (Å²) in [5.74, 6) is -0.349. The fourth-order valence-electron chi connectivity index (χ4n) is 2.81. The summed E-state index contributed by atoms with van der Waals surface area (Å²) < 4.78 is 5.25. The summed E-state index contributed by atoms with van der Waals surface area (Å²) in [6, 6.07) is 0.964. The van der Waals surface area contributed by atoms with Crippen molar-refractivity contribution in [2.45, 2.75) is 77.5 Å². The third kappa shape index (κ3) is 7.72. The molecular weight excluding hydrogens is 336 g/mol. The molecule has 0 spiro atoms. The molecule has 0 aromatic heterocycles. The van der Waals surface area contributed by atoms with E-state index < -0.39 is 23.8 Å². The predicted octanol–water partition coefficient (Wildman–Crippen LogP) is 1.70. The molecule has 1 fully saturated rings. The molecule has 8 nitrogen and oxygen atoms in total. The summed E-state index contributed by atoms with van der Waals surface area (Å²) in [5, 5.41) is 14.6. The van der Waals surface area contributed by atoms with Crippen LogP contribution in [-0.2, 0) is 14.3 Å². The van der Waals surface area contributed by atoms with Crippen LogP contribution in [0.4, 0.5) is 4.79 Å². The van der Waals surface area contributed by atoms with Gasteiger partial charge in [-0.3, -0.25) is 9.59 Å². The first-order chi connectivity index (χ1) is 12.1. The Morgan fingerprint density at radius 2 is 2.00 bits per heavy atom. The van der Waals surface area contributed by atoms with Crippen LogP contribution in [0.1, 0.15) is 59.8 Å². The van der Waals surface area contributed by atoms with Crippen molar-refractivity contribution >= 4 is 17.9 Å². The van der Waals surface area contributed by atoms with Crippen LogP contribution in [0.5, 0.6) is 0 Å². The minimum absolute atomic E-state index is 0.0987. The molecule has 0 bridgehead atoms. The zero-order valence-corrected chi connectivity index (χ0v) is 16.1. The van der Waals surface area contributed by atoms with Gasteiger partial charge in [-0.25, -0.2) is 4.79 Å². The summed E-state index contributed by atoms with van der Waals surface area (Å²) in [6.07, 6.45) is 2.56. The summed E-state index contributed by atoms with van der Waals surface area (Å²) in [5.41, 5.74) is -0.661. The van der Waals surface area contributed by atoms with Crippen LogP contribution in [0.3, 0.4) is 0 Å². The van der Waals surface area contributed by atoms with Gasteiger partial charge in [0.25, 0.3) is 0 Å². The van der Waals surface area contributed by atoms with Gasteiger partial charge in [0.2, 0.25) is 11.8 Å². The monoisotopic (exact) mass is 366 g/mol. The maximum Gasteiger partial charge on any atom is 0.408 e. The largest absolute Gasteiger partial charge is 0.444 e. The van der Waals surface area contributed by atoms with Crippen molar-refractivity contribution in [3.05, 3.63) is 0 Å². The number of hydrogen-bond donors (Lipinski definition) is 2. The Kier molecular flexibility index (Phi) is 8.36. The van der Waals surface area contributed by atoms with Gasteiger partial charge in [-0.2, -0.15) is 5.26 Å². The highest BCUT2D eigenvalue weighted by molar-refractivity contribution is 5.86. The fourth-order valence-corrected chi connectivity index (χ4v) is 2.81. The molecule has 1 aliphatic rings. The molecule has 26 heavy (non-hydrogen) atoms. The smallest absolute Gasteiger partial charge is 0.408 e. The predicted molar refractivity (Wildman–Crippen MR) is 96.0 cm³/mol. The molecule has 2 N–H and O–H groups in total. The normalized spacial score (nSPS) is 18.0. The number of carbonyl (C=O) groups is 3. The Hall–Kier alpha value is -2.30. The third-order valence-corrected chi connectivity index (χ3v) is 3.97. The Balaban J connectivity index is 2.68. The Bertz CT molecular complexity index is 550. The Labute approximate surface area is 155 Å². The van der Waals surface area contributed by atoms with E-state index in [2.05, 4.69) is 16.7 Å². The average molecular weight is 366 g/mol. The number of rotatable bonds is 7. The first kappa shape index (κ1) is 21.7. The molecule has 146 valence electrons. The van der Waals surface area contributed by atoms with Gasteiger partial charge < -0.3 is 20.3 Å². The lowest BCUT2D eigenvalue weighted by Gasteiger charge is -2.27. The van der Waals surface area contributed by atoms with Gasteiger partial charge in [0.15, 0.2) is 0 Å². The van der Waals surface area contributed by atoms with Crippen LogP contribution < -0.4 is 10.6 Å². The summed E-state index contributed by atoms with van der Waals surface area (Å²) in [4.78, 5) is 37.3.